The van der Waals surface area contributed by atoms with E-state index in [0.29, 0.717) is 5.69 Å². The first-order chi connectivity index (χ1) is 11.8. The van der Waals surface area contributed by atoms with Gasteiger partial charge in [0.25, 0.3) is 5.91 Å². The SMILES string of the molecule is O=C(Nc1ccc2nc(N3CCOCC3)sc2c1)c1ccccn1. The molecule has 0 unspecified atom stereocenters. The molecule has 7 heteroatoms. The van der Waals surface area contributed by atoms with Crippen molar-refractivity contribution < 1.29 is 9.53 Å². The largest absolute Gasteiger partial charge is 0.378 e. The summed E-state index contributed by atoms with van der Waals surface area (Å²) in [7, 11) is 0. The number of rotatable bonds is 3. The van der Waals surface area contributed by atoms with Gasteiger partial charge in [-0.25, -0.2) is 4.98 Å². The fourth-order valence-corrected chi connectivity index (χ4v) is 3.63. The van der Waals surface area contributed by atoms with Crippen molar-refractivity contribution in [3.63, 3.8) is 0 Å². The van der Waals surface area contributed by atoms with Crippen molar-refractivity contribution in [2.24, 2.45) is 0 Å². The third-order valence-electron chi connectivity index (χ3n) is 3.81. The molecule has 0 atom stereocenters. The molecule has 1 amide bonds. The van der Waals surface area contributed by atoms with Crippen LogP contribution in [0.2, 0.25) is 0 Å². The lowest BCUT2D eigenvalue weighted by Crippen LogP contribution is -2.36. The molecule has 0 saturated carbocycles. The van der Waals surface area contributed by atoms with Crippen LogP contribution >= 0.6 is 11.3 Å². The topological polar surface area (TPSA) is 67.4 Å². The number of nitrogens with zero attached hydrogens (tertiary/aromatic N) is 3. The van der Waals surface area contributed by atoms with Gasteiger partial charge in [0.1, 0.15) is 5.69 Å². The number of benzene rings is 1. The van der Waals surface area contributed by atoms with Crippen LogP contribution in [-0.2, 0) is 4.74 Å². The van der Waals surface area contributed by atoms with Crippen molar-refractivity contribution in [1.82, 2.24) is 9.97 Å². The average Bonchev–Trinajstić information content (AvgIpc) is 3.06. The van der Waals surface area contributed by atoms with E-state index in [1.54, 1.807) is 35.7 Å². The highest BCUT2D eigenvalue weighted by Gasteiger charge is 2.16. The van der Waals surface area contributed by atoms with Crippen molar-refractivity contribution in [3.05, 3.63) is 48.3 Å². The minimum absolute atomic E-state index is 0.215. The van der Waals surface area contributed by atoms with Gasteiger partial charge in [-0.05, 0) is 30.3 Å². The van der Waals surface area contributed by atoms with Crippen molar-refractivity contribution in [2.45, 2.75) is 0 Å². The molecule has 3 aromatic rings. The molecule has 1 saturated heterocycles. The lowest BCUT2D eigenvalue weighted by atomic mass is 10.2. The maximum absolute atomic E-state index is 12.2. The highest BCUT2D eigenvalue weighted by atomic mass is 32.1. The Morgan fingerprint density at radius 3 is 2.88 bits per heavy atom. The number of amides is 1. The molecule has 4 rings (SSSR count). The Morgan fingerprint density at radius 2 is 2.08 bits per heavy atom. The van der Waals surface area contributed by atoms with Crippen LogP contribution in [-0.4, -0.2) is 42.2 Å². The maximum Gasteiger partial charge on any atom is 0.274 e. The van der Waals surface area contributed by atoms with Gasteiger partial charge >= 0.3 is 0 Å². The van der Waals surface area contributed by atoms with Gasteiger partial charge in [-0.15, -0.1) is 0 Å². The first kappa shape index (κ1) is 15.0. The Balaban J connectivity index is 1.55. The van der Waals surface area contributed by atoms with Gasteiger partial charge in [0.05, 0.1) is 23.4 Å². The molecule has 0 radical (unpaired) electrons. The van der Waals surface area contributed by atoms with Crippen LogP contribution in [0, 0.1) is 0 Å². The summed E-state index contributed by atoms with van der Waals surface area (Å²) in [6, 6.07) is 11.0. The number of carbonyl (C=O) groups excluding carboxylic acids is 1. The summed E-state index contributed by atoms with van der Waals surface area (Å²) in [4.78, 5) is 23.2. The molecule has 6 nitrogen and oxygen atoms in total. The number of morpholine rings is 1. The molecule has 0 bridgehead atoms. The molecule has 1 aliphatic rings. The molecule has 3 heterocycles. The predicted octanol–water partition coefficient (Wildman–Crippen LogP) is 2.78. The van der Waals surface area contributed by atoms with E-state index >= 15 is 0 Å². The molecule has 1 aliphatic heterocycles. The van der Waals surface area contributed by atoms with E-state index in [1.807, 2.05) is 18.2 Å². The van der Waals surface area contributed by atoms with Gasteiger partial charge < -0.3 is 15.0 Å². The molecule has 2 aromatic heterocycles. The van der Waals surface area contributed by atoms with E-state index in [1.165, 1.54) is 0 Å². The van der Waals surface area contributed by atoms with Crippen molar-refractivity contribution in [1.29, 1.82) is 0 Å². The quantitative estimate of drug-likeness (QED) is 0.794. The summed E-state index contributed by atoms with van der Waals surface area (Å²) in [5.74, 6) is -0.215. The fourth-order valence-electron chi connectivity index (χ4n) is 2.57. The van der Waals surface area contributed by atoms with E-state index in [4.69, 9.17) is 4.74 Å². The minimum Gasteiger partial charge on any atom is -0.378 e. The second-order valence-electron chi connectivity index (χ2n) is 5.45. The molecule has 1 fully saturated rings. The van der Waals surface area contributed by atoms with Gasteiger partial charge in [0, 0.05) is 25.0 Å². The van der Waals surface area contributed by atoms with Crippen LogP contribution in [0.5, 0.6) is 0 Å². The summed E-state index contributed by atoms with van der Waals surface area (Å²) in [6.07, 6.45) is 1.61. The Kier molecular flexibility index (Phi) is 4.10. The zero-order chi connectivity index (χ0) is 16.4. The second-order valence-corrected chi connectivity index (χ2v) is 6.46. The number of thiazole rings is 1. The zero-order valence-corrected chi connectivity index (χ0v) is 13.8. The van der Waals surface area contributed by atoms with E-state index in [2.05, 4.69) is 20.2 Å². The fraction of sp³-hybridized carbons (Fsp3) is 0.235. The molecule has 1 N–H and O–H groups in total. The van der Waals surface area contributed by atoms with Crippen molar-refractivity contribution in [3.8, 4) is 0 Å². The normalized spacial score (nSPS) is 14.8. The van der Waals surface area contributed by atoms with Crippen LogP contribution in [0.25, 0.3) is 10.2 Å². The number of anilines is 2. The predicted molar refractivity (Wildman–Crippen MR) is 94.8 cm³/mol. The number of hydrogen-bond donors (Lipinski definition) is 1. The van der Waals surface area contributed by atoms with E-state index in [9.17, 15) is 4.79 Å². The monoisotopic (exact) mass is 340 g/mol. The number of fused-ring (bicyclic) bond motifs is 1. The summed E-state index contributed by atoms with van der Waals surface area (Å²) in [5.41, 5.74) is 2.09. The minimum atomic E-state index is -0.215. The molecule has 0 spiro atoms. The number of nitrogens with one attached hydrogen (secondary N) is 1. The summed E-state index contributed by atoms with van der Waals surface area (Å²) in [5, 5.41) is 3.88. The smallest absolute Gasteiger partial charge is 0.274 e. The molecule has 122 valence electrons. The number of ether oxygens (including phenoxy) is 1. The van der Waals surface area contributed by atoms with Gasteiger partial charge in [0.2, 0.25) is 0 Å². The van der Waals surface area contributed by atoms with Crippen LogP contribution in [0.1, 0.15) is 10.5 Å². The van der Waals surface area contributed by atoms with Crippen LogP contribution in [0.3, 0.4) is 0 Å². The van der Waals surface area contributed by atoms with Gasteiger partial charge in [0.15, 0.2) is 5.13 Å². The van der Waals surface area contributed by atoms with E-state index < -0.39 is 0 Å². The average molecular weight is 340 g/mol. The third-order valence-corrected chi connectivity index (χ3v) is 4.89. The highest BCUT2D eigenvalue weighted by Crippen LogP contribution is 2.31. The molecule has 0 aliphatic carbocycles. The zero-order valence-electron chi connectivity index (χ0n) is 12.9. The van der Waals surface area contributed by atoms with Crippen LogP contribution < -0.4 is 10.2 Å². The first-order valence-corrected chi connectivity index (χ1v) is 8.57. The number of carbonyl (C=O) groups is 1. The summed E-state index contributed by atoms with van der Waals surface area (Å²) >= 11 is 1.63. The van der Waals surface area contributed by atoms with Crippen LogP contribution in [0.4, 0.5) is 10.8 Å². The molecular formula is C17H16N4O2S. The maximum atomic E-state index is 12.2. The van der Waals surface area contributed by atoms with Gasteiger partial charge in [-0.3, -0.25) is 9.78 Å². The number of hydrogen-bond acceptors (Lipinski definition) is 6. The standard InChI is InChI=1S/C17H16N4O2S/c22-16(14-3-1-2-6-18-14)19-12-4-5-13-15(11-12)24-17(20-13)21-7-9-23-10-8-21/h1-6,11H,7-10H2,(H,19,22). The molecule has 24 heavy (non-hydrogen) atoms. The lowest BCUT2D eigenvalue weighted by Gasteiger charge is -2.25. The molecule has 1 aromatic carbocycles. The Labute approximate surface area is 143 Å². The summed E-state index contributed by atoms with van der Waals surface area (Å²) in [6.45, 7) is 3.20. The Hall–Kier alpha value is -2.51. The van der Waals surface area contributed by atoms with Crippen molar-refractivity contribution >= 4 is 38.3 Å². The molecular weight excluding hydrogens is 324 g/mol. The highest BCUT2D eigenvalue weighted by molar-refractivity contribution is 7.22. The van der Waals surface area contributed by atoms with E-state index in [-0.39, 0.29) is 5.91 Å². The first-order valence-electron chi connectivity index (χ1n) is 7.75. The van der Waals surface area contributed by atoms with Crippen LogP contribution in [0.15, 0.2) is 42.6 Å². The number of aromatic nitrogens is 2. The third kappa shape index (κ3) is 3.08. The van der Waals surface area contributed by atoms with E-state index in [0.717, 1.165) is 47.3 Å². The van der Waals surface area contributed by atoms with Gasteiger partial charge in [-0.2, -0.15) is 0 Å². The van der Waals surface area contributed by atoms with Gasteiger partial charge in [-0.1, -0.05) is 17.4 Å². The summed E-state index contributed by atoms with van der Waals surface area (Å²) < 4.78 is 6.43. The number of pyridine rings is 1. The lowest BCUT2D eigenvalue weighted by molar-refractivity contribution is 0.102. The Morgan fingerprint density at radius 1 is 1.21 bits per heavy atom. The second kappa shape index (κ2) is 6.54. The van der Waals surface area contributed by atoms with Crippen molar-refractivity contribution in [2.75, 3.05) is 36.5 Å². The Bertz CT molecular complexity index is 859.